The summed E-state index contributed by atoms with van der Waals surface area (Å²) in [5.41, 5.74) is 4.04. The van der Waals surface area contributed by atoms with Gasteiger partial charge in [0.25, 0.3) is 0 Å². The third-order valence-electron chi connectivity index (χ3n) is 2.58. The van der Waals surface area contributed by atoms with E-state index in [4.69, 9.17) is 0 Å². The van der Waals surface area contributed by atoms with Gasteiger partial charge in [-0.2, -0.15) is 0 Å². The highest BCUT2D eigenvalue weighted by Gasteiger charge is 2.17. The van der Waals surface area contributed by atoms with Gasteiger partial charge in [-0.05, 0) is 38.3 Å². The summed E-state index contributed by atoms with van der Waals surface area (Å²) in [5, 5.41) is 9.20. The van der Waals surface area contributed by atoms with E-state index in [2.05, 4.69) is 0 Å². The van der Waals surface area contributed by atoms with Crippen LogP contribution in [0.15, 0.2) is 12.1 Å². The van der Waals surface area contributed by atoms with Gasteiger partial charge in [0, 0.05) is 6.54 Å². The van der Waals surface area contributed by atoms with Crippen LogP contribution in [0, 0.1) is 20.8 Å². The van der Waals surface area contributed by atoms with Crippen LogP contribution in [0.4, 0.5) is 10.5 Å². The maximum Gasteiger partial charge on any atom is 0.411 e. The largest absolute Gasteiger partial charge is 0.465 e. The van der Waals surface area contributed by atoms with Crippen LogP contribution >= 0.6 is 0 Å². The van der Waals surface area contributed by atoms with Crippen molar-refractivity contribution in [2.45, 2.75) is 34.1 Å². The number of aryl methyl sites for hydroxylation is 3. The second-order valence-corrected chi connectivity index (χ2v) is 4.18. The summed E-state index contributed by atoms with van der Waals surface area (Å²) in [6.45, 7) is 8.46. The number of nitrogens with zero attached hydrogens (tertiary/aromatic N) is 1. The number of anilines is 1. The monoisotopic (exact) mass is 221 g/mol. The molecule has 1 N–H and O–H groups in total. The number of amides is 1. The van der Waals surface area contributed by atoms with E-state index in [1.54, 1.807) is 0 Å². The lowest BCUT2D eigenvalue weighted by molar-refractivity contribution is 0.201. The van der Waals surface area contributed by atoms with E-state index in [9.17, 15) is 9.90 Å². The van der Waals surface area contributed by atoms with Crippen LogP contribution in [0.5, 0.6) is 0 Å². The highest BCUT2D eigenvalue weighted by Crippen LogP contribution is 2.26. The van der Waals surface area contributed by atoms with Crippen LogP contribution in [0.25, 0.3) is 0 Å². The maximum absolute atomic E-state index is 11.2. The molecule has 0 saturated heterocycles. The number of carbonyl (C=O) groups is 1. The van der Waals surface area contributed by atoms with Crippen LogP contribution in [-0.2, 0) is 0 Å². The lowest BCUT2D eigenvalue weighted by Crippen LogP contribution is -2.31. The standard InChI is InChI=1S/C13H19NO2/c1-5-6-14(13(15)16)12-10(3)7-9(2)8-11(12)4/h7-8H,5-6H2,1-4H3,(H,15,16). The Kier molecular flexibility index (Phi) is 3.93. The van der Waals surface area contributed by atoms with Gasteiger partial charge in [0.2, 0.25) is 0 Å². The fourth-order valence-electron chi connectivity index (χ4n) is 2.12. The Hall–Kier alpha value is -1.51. The summed E-state index contributed by atoms with van der Waals surface area (Å²) >= 11 is 0. The highest BCUT2D eigenvalue weighted by molar-refractivity contribution is 5.88. The Bertz CT molecular complexity index is 376. The molecule has 88 valence electrons. The molecule has 16 heavy (non-hydrogen) atoms. The molecule has 1 aromatic carbocycles. The molecule has 1 amide bonds. The molecular weight excluding hydrogens is 202 g/mol. The van der Waals surface area contributed by atoms with Crippen molar-refractivity contribution in [3.8, 4) is 0 Å². The summed E-state index contributed by atoms with van der Waals surface area (Å²) in [6.07, 6.45) is -0.0594. The Labute approximate surface area is 96.7 Å². The van der Waals surface area contributed by atoms with E-state index in [1.165, 1.54) is 10.5 Å². The van der Waals surface area contributed by atoms with Gasteiger partial charge in [0.15, 0.2) is 0 Å². The topological polar surface area (TPSA) is 40.5 Å². The lowest BCUT2D eigenvalue weighted by atomic mass is 10.0. The predicted octanol–water partition coefficient (Wildman–Crippen LogP) is 3.51. The molecule has 0 fully saturated rings. The second-order valence-electron chi connectivity index (χ2n) is 4.18. The molecule has 0 aromatic heterocycles. The zero-order valence-corrected chi connectivity index (χ0v) is 10.4. The first kappa shape index (κ1) is 12.6. The molecule has 0 radical (unpaired) electrons. The third kappa shape index (κ3) is 2.54. The van der Waals surface area contributed by atoms with Crippen molar-refractivity contribution in [2.24, 2.45) is 0 Å². The smallest absolute Gasteiger partial charge is 0.411 e. The van der Waals surface area contributed by atoms with E-state index in [0.717, 1.165) is 23.2 Å². The van der Waals surface area contributed by atoms with Gasteiger partial charge < -0.3 is 5.11 Å². The second kappa shape index (κ2) is 5.01. The summed E-state index contributed by atoms with van der Waals surface area (Å²) < 4.78 is 0. The third-order valence-corrected chi connectivity index (χ3v) is 2.58. The summed E-state index contributed by atoms with van der Waals surface area (Å²) in [7, 11) is 0. The molecule has 0 bridgehead atoms. The van der Waals surface area contributed by atoms with E-state index in [0.29, 0.717) is 6.54 Å². The molecule has 0 unspecified atom stereocenters. The number of carboxylic acid groups (broad SMARTS) is 1. The van der Waals surface area contributed by atoms with Crippen LogP contribution in [0.1, 0.15) is 30.0 Å². The number of benzene rings is 1. The summed E-state index contributed by atoms with van der Waals surface area (Å²) in [6, 6.07) is 4.04. The van der Waals surface area contributed by atoms with Crippen molar-refractivity contribution in [1.29, 1.82) is 0 Å². The molecule has 0 heterocycles. The van der Waals surface area contributed by atoms with Crippen molar-refractivity contribution in [2.75, 3.05) is 11.4 Å². The zero-order valence-electron chi connectivity index (χ0n) is 10.4. The molecule has 0 saturated carbocycles. The number of rotatable bonds is 3. The van der Waals surface area contributed by atoms with Gasteiger partial charge >= 0.3 is 6.09 Å². The molecule has 0 aliphatic carbocycles. The van der Waals surface area contributed by atoms with E-state index in [1.807, 2.05) is 39.8 Å². The Morgan fingerprint density at radius 2 is 1.75 bits per heavy atom. The average molecular weight is 221 g/mol. The van der Waals surface area contributed by atoms with Crippen LogP contribution in [0.3, 0.4) is 0 Å². The average Bonchev–Trinajstić information content (AvgIpc) is 2.14. The molecule has 1 rings (SSSR count). The molecule has 3 heteroatoms. The first-order valence-electron chi connectivity index (χ1n) is 5.55. The molecule has 0 aliphatic rings. The van der Waals surface area contributed by atoms with Gasteiger partial charge in [0.05, 0.1) is 5.69 Å². The van der Waals surface area contributed by atoms with Crippen molar-refractivity contribution >= 4 is 11.8 Å². The van der Waals surface area contributed by atoms with Gasteiger partial charge in [-0.3, -0.25) is 4.90 Å². The van der Waals surface area contributed by atoms with Gasteiger partial charge in [-0.1, -0.05) is 24.6 Å². The summed E-state index contributed by atoms with van der Waals surface area (Å²) in [4.78, 5) is 12.6. The van der Waals surface area contributed by atoms with Crippen molar-refractivity contribution in [1.82, 2.24) is 0 Å². The van der Waals surface area contributed by atoms with Crippen molar-refractivity contribution < 1.29 is 9.90 Å². The molecule has 0 atom stereocenters. The first-order valence-corrected chi connectivity index (χ1v) is 5.55. The Morgan fingerprint density at radius 1 is 1.25 bits per heavy atom. The fourth-order valence-corrected chi connectivity index (χ4v) is 2.12. The molecular formula is C13H19NO2. The zero-order chi connectivity index (χ0) is 12.3. The SMILES string of the molecule is CCCN(C(=O)O)c1c(C)cc(C)cc1C. The van der Waals surface area contributed by atoms with Crippen LogP contribution in [0.2, 0.25) is 0 Å². The van der Waals surface area contributed by atoms with Crippen molar-refractivity contribution in [3.05, 3.63) is 28.8 Å². The molecule has 3 nitrogen and oxygen atoms in total. The molecule has 1 aromatic rings. The van der Waals surface area contributed by atoms with Gasteiger partial charge in [-0.15, -0.1) is 0 Å². The minimum absolute atomic E-state index is 0.542. The maximum atomic E-state index is 11.2. The quantitative estimate of drug-likeness (QED) is 0.848. The summed E-state index contributed by atoms with van der Waals surface area (Å²) in [5.74, 6) is 0. The van der Waals surface area contributed by atoms with Gasteiger partial charge in [-0.25, -0.2) is 4.79 Å². The Morgan fingerprint density at radius 3 is 2.12 bits per heavy atom. The van der Waals surface area contributed by atoms with E-state index in [-0.39, 0.29) is 0 Å². The Balaban J connectivity index is 3.23. The van der Waals surface area contributed by atoms with Gasteiger partial charge in [0.1, 0.15) is 0 Å². The molecule has 0 aliphatic heterocycles. The molecule has 0 spiro atoms. The lowest BCUT2D eigenvalue weighted by Gasteiger charge is -2.23. The minimum Gasteiger partial charge on any atom is -0.465 e. The van der Waals surface area contributed by atoms with Crippen LogP contribution in [-0.4, -0.2) is 17.7 Å². The highest BCUT2D eigenvalue weighted by atomic mass is 16.4. The van der Waals surface area contributed by atoms with E-state index >= 15 is 0 Å². The van der Waals surface area contributed by atoms with Crippen LogP contribution < -0.4 is 4.90 Å². The minimum atomic E-state index is -0.878. The number of hydrogen-bond acceptors (Lipinski definition) is 1. The fraction of sp³-hybridized carbons (Fsp3) is 0.462. The van der Waals surface area contributed by atoms with Crippen molar-refractivity contribution in [3.63, 3.8) is 0 Å². The van der Waals surface area contributed by atoms with E-state index < -0.39 is 6.09 Å². The normalized spacial score (nSPS) is 10.2. The first-order chi connectivity index (χ1) is 7.47. The predicted molar refractivity (Wildman–Crippen MR) is 66.3 cm³/mol. The number of hydrogen-bond donors (Lipinski definition) is 1.